The van der Waals surface area contributed by atoms with E-state index in [2.05, 4.69) is 114 Å². The summed E-state index contributed by atoms with van der Waals surface area (Å²) in [6, 6.07) is 18.6. The van der Waals surface area contributed by atoms with Crippen molar-refractivity contribution < 1.29 is 0 Å². The van der Waals surface area contributed by atoms with Crippen LogP contribution in [-0.4, -0.2) is 36.8 Å². The van der Waals surface area contributed by atoms with Crippen LogP contribution in [0, 0.1) is 11.8 Å². The van der Waals surface area contributed by atoms with Crippen LogP contribution in [0.3, 0.4) is 0 Å². The summed E-state index contributed by atoms with van der Waals surface area (Å²) in [6.45, 7) is 20.1. The van der Waals surface area contributed by atoms with Crippen molar-refractivity contribution in [1.29, 1.82) is 0 Å². The topological polar surface area (TPSA) is 31.2 Å². The van der Waals surface area contributed by atoms with Gasteiger partial charge in [-0.2, -0.15) is 0 Å². The summed E-state index contributed by atoms with van der Waals surface area (Å²) in [5, 5.41) is 0. The van der Waals surface area contributed by atoms with E-state index in [1.54, 1.807) is 0 Å². The molecule has 2 aromatic carbocycles. The average Bonchev–Trinajstić information content (AvgIpc) is 3.42. The zero-order valence-electron chi connectivity index (χ0n) is 23.7. The second kappa shape index (κ2) is 11.2. The van der Waals surface area contributed by atoms with Crippen LogP contribution < -0.4 is 9.80 Å². The predicted molar refractivity (Wildman–Crippen MR) is 157 cm³/mol. The number of aliphatic imine (C=N–C) groups is 2. The standard InChI is InChI=1S/C32H46N4/c1-21(2)15-27-19-35(29-13-9-11-25(17-29)23(5)6)31(33-27)32-34-28(16-22(3)4)20-36(32)30-14-10-12-26(18-30)24(7)8/h9-14,17-18,21-24,27-28H,15-16,19-20H2,1-8H3/t27-,28-/m0/s1. The van der Waals surface area contributed by atoms with Crippen LogP contribution >= 0.6 is 0 Å². The lowest BCUT2D eigenvalue weighted by atomic mass is 10.0. The van der Waals surface area contributed by atoms with Crippen LogP contribution in [-0.2, 0) is 0 Å². The van der Waals surface area contributed by atoms with E-state index in [9.17, 15) is 0 Å². The van der Waals surface area contributed by atoms with E-state index in [-0.39, 0.29) is 0 Å². The van der Waals surface area contributed by atoms with Crippen LogP contribution in [0.1, 0.15) is 91.2 Å². The molecule has 0 saturated heterocycles. The Labute approximate surface area is 219 Å². The molecule has 2 aliphatic rings. The fourth-order valence-electron chi connectivity index (χ4n) is 5.42. The van der Waals surface area contributed by atoms with Gasteiger partial charge in [-0.05, 0) is 71.9 Å². The molecule has 2 heterocycles. The molecule has 0 unspecified atom stereocenters. The highest BCUT2D eigenvalue weighted by Crippen LogP contribution is 2.32. The molecule has 4 rings (SSSR count). The lowest BCUT2D eigenvalue weighted by Crippen LogP contribution is -2.42. The number of rotatable bonds is 9. The first kappa shape index (κ1) is 26.4. The van der Waals surface area contributed by atoms with E-state index >= 15 is 0 Å². The highest BCUT2D eigenvalue weighted by molar-refractivity contribution is 6.50. The fourth-order valence-corrected chi connectivity index (χ4v) is 5.42. The molecule has 2 aromatic rings. The van der Waals surface area contributed by atoms with E-state index in [0.717, 1.165) is 37.6 Å². The largest absolute Gasteiger partial charge is 0.321 e. The van der Waals surface area contributed by atoms with Gasteiger partial charge in [0.2, 0.25) is 0 Å². The van der Waals surface area contributed by atoms with Gasteiger partial charge < -0.3 is 9.80 Å². The third-order valence-electron chi connectivity index (χ3n) is 7.29. The number of amidine groups is 2. The maximum atomic E-state index is 5.36. The molecule has 0 bridgehead atoms. The number of hydrogen-bond acceptors (Lipinski definition) is 4. The monoisotopic (exact) mass is 486 g/mol. The Hall–Kier alpha value is -2.62. The Morgan fingerprint density at radius 3 is 1.36 bits per heavy atom. The minimum Gasteiger partial charge on any atom is -0.321 e. The van der Waals surface area contributed by atoms with Gasteiger partial charge in [-0.25, -0.2) is 0 Å². The van der Waals surface area contributed by atoms with Gasteiger partial charge in [0.05, 0.1) is 12.1 Å². The molecule has 36 heavy (non-hydrogen) atoms. The van der Waals surface area contributed by atoms with Gasteiger partial charge in [0.15, 0.2) is 11.7 Å². The van der Waals surface area contributed by atoms with Crippen LogP contribution in [0.5, 0.6) is 0 Å². The van der Waals surface area contributed by atoms with Gasteiger partial charge in [-0.3, -0.25) is 9.98 Å². The molecule has 4 nitrogen and oxygen atoms in total. The van der Waals surface area contributed by atoms with E-state index in [4.69, 9.17) is 9.98 Å². The second-order valence-electron chi connectivity index (χ2n) is 12.2. The van der Waals surface area contributed by atoms with Gasteiger partial charge >= 0.3 is 0 Å². The predicted octanol–water partition coefficient (Wildman–Crippen LogP) is 7.90. The third-order valence-corrected chi connectivity index (χ3v) is 7.29. The molecule has 0 spiro atoms. The smallest absolute Gasteiger partial charge is 0.172 e. The molecule has 0 amide bonds. The normalized spacial score (nSPS) is 20.3. The Balaban J connectivity index is 1.77. The van der Waals surface area contributed by atoms with Crippen LogP contribution in [0.2, 0.25) is 0 Å². The first-order valence-electron chi connectivity index (χ1n) is 14.0. The van der Waals surface area contributed by atoms with E-state index < -0.39 is 0 Å². The molecule has 0 aliphatic carbocycles. The summed E-state index contributed by atoms with van der Waals surface area (Å²) in [5.74, 6) is 4.30. The minimum absolute atomic E-state index is 0.290. The highest BCUT2D eigenvalue weighted by Gasteiger charge is 2.37. The van der Waals surface area contributed by atoms with Crippen molar-refractivity contribution in [3.63, 3.8) is 0 Å². The molecular weight excluding hydrogens is 440 g/mol. The zero-order valence-corrected chi connectivity index (χ0v) is 23.7. The second-order valence-corrected chi connectivity index (χ2v) is 12.2. The molecule has 4 heteroatoms. The van der Waals surface area contributed by atoms with Gasteiger partial charge in [-0.1, -0.05) is 79.7 Å². The lowest BCUT2D eigenvalue weighted by Gasteiger charge is -2.27. The molecule has 2 atom stereocenters. The molecule has 0 aromatic heterocycles. The zero-order chi connectivity index (χ0) is 26.0. The summed E-state index contributed by atoms with van der Waals surface area (Å²) < 4.78 is 0. The van der Waals surface area contributed by atoms with Gasteiger partial charge in [0.1, 0.15) is 0 Å². The summed E-state index contributed by atoms with van der Waals surface area (Å²) in [6.07, 6.45) is 2.19. The van der Waals surface area contributed by atoms with Gasteiger partial charge in [0.25, 0.3) is 0 Å². The summed E-state index contributed by atoms with van der Waals surface area (Å²) in [4.78, 5) is 15.6. The Morgan fingerprint density at radius 2 is 1.03 bits per heavy atom. The van der Waals surface area contributed by atoms with E-state index in [0.29, 0.717) is 35.8 Å². The quantitative estimate of drug-likeness (QED) is 0.361. The molecule has 194 valence electrons. The van der Waals surface area contributed by atoms with Crippen LogP contribution in [0.4, 0.5) is 11.4 Å². The first-order chi connectivity index (χ1) is 17.1. The van der Waals surface area contributed by atoms with Gasteiger partial charge in [0, 0.05) is 24.5 Å². The maximum Gasteiger partial charge on any atom is 0.172 e. The Morgan fingerprint density at radius 1 is 0.639 bits per heavy atom. The number of nitrogens with zero attached hydrogens (tertiary/aromatic N) is 4. The van der Waals surface area contributed by atoms with Crippen molar-refractivity contribution in [1.82, 2.24) is 0 Å². The van der Waals surface area contributed by atoms with Crippen molar-refractivity contribution in [2.75, 3.05) is 22.9 Å². The minimum atomic E-state index is 0.290. The van der Waals surface area contributed by atoms with Gasteiger partial charge in [-0.15, -0.1) is 0 Å². The van der Waals surface area contributed by atoms with Crippen molar-refractivity contribution >= 4 is 23.0 Å². The number of hydrogen-bond donors (Lipinski definition) is 0. The summed E-state index contributed by atoms with van der Waals surface area (Å²) >= 11 is 0. The molecule has 0 N–H and O–H groups in total. The fraction of sp³-hybridized carbons (Fsp3) is 0.562. The first-order valence-corrected chi connectivity index (χ1v) is 14.0. The van der Waals surface area contributed by atoms with Crippen molar-refractivity contribution in [3.8, 4) is 0 Å². The highest BCUT2D eigenvalue weighted by atomic mass is 15.4. The Kier molecular flexibility index (Phi) is 8.22. The molecule has 0 fully saturated rings. The molecule has 0 saturated carbocycles. The van der Waals surface area contributed by atoms with Crippen molar-refractivity contribution in [2.24, 2.45) is 21.8 Å². The molecule has 2 aliphatic heterocycles. The van der Waals surface area contributed by atoms with Crippen LogP contribution in [0.25, 0.3) is 0 Å². The SMILES string of the molecule is CC(C)C[C@H]1CN(c2cccc(C(C)C)c2)C(C2=N[C@@H](CC(C)C)CN2c2cccc(C(C)C)c2)=N1. The van der Waals surface area contributed by atoms with E-state index in [1.165, 1.54) is 22.5 Å². The Bertz CT molecular complexity index is 1010. The summed E-state index contributed by atoms with van der Waals surface area (Å²) in [7, 11) is 0. The van der Waals surface area contributed by atoms with Crippen LogP contribution in [0.15, 0.2) is 58.5 Å². The average molecular weight is 487 g/mol. The van der Waals surface area contributed by atoms with Crippen molar-refractivity contribution in [3.05, 3.63) is 59.7 Å². The van der Waals surface area contributed by atoms with E-state index in [1.807, 2.05) is 0 Å². The lowest BCUT2D eigenvalue weighted by molar-refractivity contribution is 0.514. The molecular formula is C32H46N4. The van der Waals surface area contributed by atoms with Crippen molar-refractivity contribution in [2.45, 2.75) is 92.2 Å². The number of anilines is 2. The number of benzene rings is 2. The summed E-state index contributed by atoms with van der Waals surface area (Å²) in [5.41, 5.74) is 5.20. The maximum absolute atomic E-state index is 5.36. The molecule has 0 radical (unpaired) electrons. The third kappa shape index (κ3) is 6.02.